The molecule has 2 heterocycles. The Morgan fingerprint density at radius 1 is 1.02 bits per heavy atom. The Labute approximate surface area is 398 Å². The summed E-state index contributed by atoms with van der Waals surface area (Å²) in [6, 6.07) is 18.3. The molecule has 1 radical (unpaired) electrons. The van der Waals surface area contributed by atoms with Crippen molar-refractivity contribution in [2.75, 3.05) is 20.7 Å². The fraction of sp³-hybridized carbons (Fsp3) is 0.551. The molecule has 0 bridgehead atoms. The van der Waals surface area contributed by atoms with E-state index in [-0.39, 0.29) is 68.4 Å². The number of likely N-dealkylation sites (tertiary alicyclic amines) is 1. The molecule has 2 aromatic carbocycles. The maximum Gasteiger partial charge on any atom is 0.256 e. The van der Waals surface area contributed by atoms with Crippen molar-refractivity contribution in [1.29, 1.82) is 0 Å². The molecule has 13 heteroatoms. The number of carbonyl (C=O) groups excluding carboxylic acids is 3. The zero-order valence-corrected chi connectivity index (χ0v) is 40.3. The molecular weight excluding hydrogens is 876 g/mol. The number of allylic oxidation sites excluding steroid dienone is 2. The molecule has 1 aromatic heterocycles. The van der Waals surface area contributed by atoms with E-state index in [2.05, 4.69) is 51.9 Å². The minimum atomic E-state index is -0.760. The summed E-state index contributed by atoms with van der Waals surface area (Å²) in [4.78, 5) is 41.7. The van der Waals surface area contributed by atoms with Crippen LogP contribution >= 0.6 is 11.9 Å². The third-order valence-corrected chi connectivity index (χ3v) is 14.0. The average Bonchev–Trinajstić information content (AvgIpc) is 4.02. The number of aliphatic hydroxyl groups is 1. The number of hydrogen-bond donors (Lipinski definition) is 3. The molecule has 1 aliphatic heterocycles. The summed E-state index contributed by atoms with van der Waals surface area (Å²) >= 11 is 1.49. The van der Waals surface area contributed by atoms with Crippen LogP contribution in [-0.2, 0) is 60.1 Å². The number of carbonyl (C=O) groups is 3. The smallest absolute Gasteiger partial charge is 0.256 e. The van der Waals surface area contributed by atoms with Gasteiger partial charge in [-0.15, -0.1) is 12.6 Å². The number of amides is 2. The molecule has 62 heavy (non-hydrogen) atoms. The maximum absolute atomic E-state index is 12.5. The van der Waals surface area contributed by atoms with Gasteiger partial charge in [0.15, 0.2) is 0 Å². The summed E-state index contributed by atoms with van der Waals surface area (Å²) in [5.74, 6) is 2.25. The first-order valence-electron chi connectivity index (χ1n) is 22.4. The fourth-order valence-electron chi connectivity index (χ4n) is 8.86. The van der Waals surface area contributed by atoms with Gasteiger partial charge in [-0.3, -0.25) is 19.2 Å². The minimum absolute atomic E-state index is 0. The summed E-state index contributed by atoms with van der Waals surface area (Å²) < 4.78 is 14.9. The molecule has 4 saturated carbocycles. The number of methoxy groups -OCH3 is 1. The van der Waals surface area contributed by atoms with Gasteiger partial charge in [-0.2, -0.15) is 0 Å². The number of hydrogen-bond acceptors (Lipinski definition) is 9. The molecule has 2 unspecified atom stereocenters. The van der Waals surface area contributed by atoms with Crippen molar-refractivity contribution in [2.45, 2.75) is 132 Å². The van der Waals surface area contributed by atoms with Crippen LogP contribution in [-0.4, -0.2) is 82.8 Å². The van der Waals surface area contributed by atoms with Gasteiger partial charge in [-0.25, -0.2) is 4.98 Å². The molecule has 5 fully saturated rings. The third kappa shape index (κ3) is 13.7. The van der Waals surface area contributed by atoms with Gasteiger partial charge in [-0.05, 0) is 113 Å². The van der Waals surface area contributed by atoms with Gasteiger partial charge in [0.1, 0.15) is 30.3 Å². The van der Waals surface area contributed by atoms with Crippen LogP contribution in [0.5, 0.6) is 11.6 Å². The van der Waals surface area contributed by atoms with Crippen molar-refractivity contribution in [2.24, 2.45) is 17.8 Å². The van der Waals surface area contributed by atoms with Gasteiger partial charge in [0.05, 0.1) is 24.2 Å². The van der Waals surface area contributed by atoms with E-state index < -0.39 is 11.6 Å². The number of pyridine rings is 1. The number of benzene rings is 2. The quantitative estimate of drug-likeness (QED) is 0.0685. The summed E-state index contributed by atoms with van der Waals surface area (Å²) in [5.41, 5.74) is 10.3. The number of para-hydroxylation sites is 1. The van der Waals surface area contributed by atoms with Crippen molar-refractivity contribution in [3.63, 3.8) is 0 Å². The number of likely N-dealkylation sites (N-methyl/N-ethyl adjacent to an activating group) is 1. The third-order valence-electron chi connectivity index (χ3n) is 12.9. The van der Waals surface area contributed by atoms with Gasteiger partial charge in [0, 0.05) is 49.3 Å². The molecule has 4 aliphatic carbocycles. The van der Waals surface area contributed by atoms with Crippen LogP contribution < -0.4 is 19.5 Å². The number of nitrogens with one attached hydrogen (secondary N) is 3. The molecule has 0 spiro atoms. The van der Waals surface area contributed by atoms with E-state index in [1.165, 1.54) is 50.5 Å². The molecule has 11 nitrogen and oxygen atoms in total. The molecular formula is C49H66N5O6SY-. The van der Waals surface area contributed by atoms with E-state index in [4.69, 9.17) is 25.3 Å². The van der Waals surface area contributed by atoms with E-state index in [0.717, 1.165) is 79.3 Å². The normalized spacial score (nSPS) is 24.8. The average molecular weight is 942 g/mol. The van der Waals surface area contributed by atoms with Crippen LogP contribution in [0.1, 0.15) is 101 Å². The van der Waals surface area contributed by atoms with E-state index >= 15 is 0 Å². The Morgan fingerprint density at radius 3 is 2.39 bits per heavy atom. The minimum Gasteiger partial charge on any atom is -0.674 e. The van der Waals surface area contributed by atoms with Crippen LogP contribution in [0.3, 0.4) is 0 Å². The number of ether oxygens (including phenoxy) is 2. The first-order valence-corrected chi connectivity index (χ1v) is 23.3. The SMILES string of the molecule is C=C[C@@H]1C[C@]1(NC(=O)C1CCCN1C)C(=O)NSC1CC1.COc1nc2ccccc2c(OCc2ccccc2)c1C/C=C/CCC1CCC[C@H]1[NH-].O=C[C@@H](O)C1CCCC1.[Y]. The molecule has 8 rings (SSSR count). The van der Waals surface area contributed by atoms with Crippen LogP contribution in [0.4, 0.5) is 0 Å². The molecule has 6 atom stereocenters. The number of nitrogens with zero attached hydrogens (tertiary/aromatic N) is 2. The first-order chi connectivity index (χ1) is 29.7. The maximum atomic E-state index is 12.5. The second-order valence-corrected chi connectivity index (χ2v) is 18.4. The molecule has 333 valence electrons. The fourth-order valence-corrected chi connectivity index (χ4v) is 9.69. The molecule has 4 N–H and O–H groups in total. The van der Waals surface area contributed by atoms with Crippen LogP contribution in [0.2, 0.25) is 0 Å². The van der Waals surface area contributed by atoms with Gasteiger partial charge in [-0.1, -0.05) is 98.7 Å². The Morgan fingerprint density at radius 2 is 1.76 bits per heavy atom. The van der Waals surface area contributed by atoms with E-state index in [0.29, 0.717) is 42.8 Å². The molecule has 3 aromatic rings. The molecule has 1 saturated heterocycles. The van der Waals surface area contributed by atoms with Crippen molar-refractivity contribution < 1.29 is 61.7 Å². The predicted octanol–water partition coefficient (Wildman–Crippen LogP) is 8.72. The molecule has 5 aliphatic rings. The van der Waals surface area contributed by atoms with E-state index in [1.54, 1.807) is 13.2 Å². The summed E-state index contributed by atoms with van der Waals surface area (Å²) in [6.45, 7) is 5.22. The van der Waals surface area contributed by atoms with Gasteiger partial charge in [0.25, 0.3) is 5.91 Å². The number of aldehydes is 1. The van der Waals surface area contributed by atoms with Crippen LogP contribution in [0.15, 0.2) is 79.4 Å². The van der Waals surface area contributed by atoms with E-state index in [1.807, 2.05) is 43.4 Å². The number of aromatic nitrogens is 1. The Hall–Kier alpha value is -3.13. The monoisotopic (exact) mass is 941 g/mol. The van der Waals surface area contributed by atoms with Crippen LogP contribution in [0, 0.1) is 17.8 Å². The predicted molar refractivity (Wildman–Crippen MR) is 244 cm³/mol. The second kappa shape index (κ2) is 24.8. The summed E-state index contributed by atoms with van der Waals surface area (Å²) in [5, 5.41) is 13.6. The number of aliphatic hydroxyl groups excluding tert-OH is 1. The zero-order valence-electron chi connectivity index (χ0n) is 36.6. The summed E-state index contributed by atoms with van der Waals surface area (Å²) in [7, 11) is 3.63. The second-order valence-electron chi connectivity index (χ2n) is 17.3. The van der Waals surface area contributed by atoms with E-state index in [9.17, 15) is 14.4 Å². The van der Waals surface area contributed by atoms with Gasteiger partial charge >= 0.3 is 0 Å². The largest absolute Gasteiger partial charge is 0.674 e. The number of fused-ring (bicyclic) bond motifs is 1. The van der Waals surface area contributed by atoms with Crippen molar-refractivity contribution in [3.05, 3.63) is 96.3 Å². The Kier molecular flexibility index (Phi) is 20.0. The van der Waals surface area contributed by atoms with Crippen molar-refractivity contribution in [1.82, 2.24) is 19.9 Å². The Balaban J connectivity index is 0.000000201. The standard InChI is InChI=1S/C27H31N2O2.C15H23N3O2S.C7H12O2.Y/c1-30-27-23(16-7-3-6-13-21-14-10-17-24(21)28)26(22-15-8-9-18-25(22)29-27)31-19-20-11-4-2-5-12-20;1-3-10-9-15(10,14(20)17-21-11-6-7-11)16-13(19)12-5-4-8-18(12)2;8-5-7(9)6-3-1-2-4-6;/h2-5,7-9,11-12,15,18,21,24,28H,6,10,13-14,16-17,19H2,1H3;3,10-12H,1,4-9H2,2H3,(H,16,19)(H,17,20);5-7,9H,1-4H2;/q-1;;;/b7-3+;;;/t21?,24-;10-,12?,15-;7-;/m111./s1. The van der Waals surface area contributed by atoms with Crippen molar-refractivity contribution >= 4 is 41.0 Å². The Bertz CT molecular complexity index is 1940. The zero-order chi connectivity index (χ0) is 43.2. The van der Waals surface area contributed by atoms with Crippen LogP contribution in [0.25, 0.3) is 16.6 Å². The van der Waals surface area contributed by atoms with Gasteiger partial charge in [0.2, 0.25) is 11.8 Å². The molecule has 2 amide bonds. The summed E-state index contributed by atoms with van der Waals surface area (Å²) in [6.07, 6.45) is 21.8. The van der Waals surface area contributed by atoms with Crippen molar-refractivity contribution in [3.8, 4) is 11.6 Å². The first kappa shape index (κ1) is 49.9. The topological polar surface area (TPSA) is 154 Å². The number of rotatable bonds is 17. The van der Waals surface area contributed by atoms with Gasteiger partial charge < -0.3 is 30.4 Å².